The number of fused-ring (bicyclic) bond motifs is 2. The highest BCUT2D eigenvalue weighted by Gasteiger charge is 2.41. The maximum absolute atomic E-state index is 12.7. The number of benzene rings is 1. The number of nitrogens with zero attached hydrogens (tertiary/aromatic N) is 3. The number of ether oxygens (including phenoxy) is 1. The van der Waals surface area contributed by atoms with Crippen LogP contribution in [0.1, 0.15) is 48.6 Å². The van der Waals surface area contributed by atoms with Crippen molar-refractivity contribution in [3.8, 4) is 0 Å². The Bertz CT molecular complexity index is 1080. The quantitative estimate of drug-likeness (QED) is 0.469. The second-order valence-electron chi connectivity index (χ2n) is 8.12. The Hall–Kier alpha value is -3.29. The Morgan fingerprint density at radius 1 is 1.37 bits per heavy atom. The Labute approximate surface area is 174 Å². The van der Waals surface area contributed by atoms with Crippen LogP contribution >= 0.6 is 0 Å². The van der Waals surface area contributed by atoms with Crippen molar-refractivity contribution in [2.45, 2.75) is 39.0 Å². The molecule has 4 rings (SSSR count). The monoisotopic (exact) mass is 408 g/mol. The molecule has 8 nitrogen and oxygen atoms in total. The van der Waals surface area contributed by atoms with E-state index in [4.69, 9.17) is 15.5 Å². The van der Waals surface area contributed by atoms with Gasteiger partial charge in [0.15, 0.2) is 5.82 Å². The van der Waals surface area contributed by atoms with Gasteiger partial charge in [-0.1, -0.05) is 19.1 Å². The largest absolute Gasteiger partial charge is 0.468 e. The van der Waals surface area contributed by atoms with Crippen molar-refractivity contribution in [3.05, 3.63) is 56.8 Å². The van der Waals surface area contributed by atoms with Gasteiger partial charge in [0.2, 0.25) is 0 Å². The highest BCUT2D eigenvalue weighted by Crippen LogP contribution is 2.47. The van der Waals surface area contributed by atoms with Gasteiger partial charge < -0.3 is 10.5 Å². The van der Waals surface area contributed by atoms with Crippen LogP contribution < -0.4 is 5.73 Å². The first kappa shape index (κ1) is 20.0. The molecular weight excluding hydrogens is 384 g/mol. The zero-order valence-corrected chi connectivity index (χ0v) is 17.2. The van der Waals surface area contributed by atoms with Crippen LogP contribution in [0.2, 0.25) is 0 Å². The molecular formula is C22H24N4O4. The molecule has 0 spiro atoms. The number of hydrogen-bond donors (Lipinski definition) is 1. The van der Waals surface area contributed by atoms with Crippen LogP contribution in [0.4, 0.5) is 17.2 Å². The third-order valence-corrected chi connectivity index (χ3v) is 6.15. The lowest BCUT2D eigenvalue weighted by molar-refractivity contribution is -0.384. The summed E-state index contributed by atoms with van der Waals surface area (Å²) in [7, 11) is 1.32. The number of carbonyl (C=O) groups excluding carboxylic acids is 1. The number of carbonyl (C=O) groups is 1. The van der Waals surface area contributed by atoms with Gasteiger partial charge in [0, 0.05) is 40.7 Å². The standard InChI is InChI=1S/C22H24N4O4/c1-11-7-8-15-16(9-11)25-21-19(20(15)23)18(17(12(2)24-21)22(27)30-3)13-5-4-6-14(10-13)26(28)29/h4-6,10-11,17-18H,7-9H2,1-3H3,(H2,23,25). The van der Waals surface area contributed by atoms with E-state index in [-0.39, 0.29) is 5.69 Å². The molecule has 0 saturated heterocycles. The van der Waals surface area contributed by atoms with E-state index in [2.05, 4.69) is 11.9 Å². The number of nitro benzene ring substituents is 1. The number of non-ortho nitro benzene ring substituents is 1. The number of aliphatic imine (C=N–C) groups is 1. The first-order valence-corrected chi connectivity index (χ1v) is 10.00. The summed E-state index contributed by atoms with van der Waals surface area (Å²) in [6.45, 7) is 3.95. The molecule has 2 N–H and O–H groups in total. The van der Waals surface area contributed by atoms with Crippen LogP contribution in [0, 0.1) is 22.0 Å². The zero-order valence-electron chi connectivity index (χ0n) is 17.2. The van der Waals surface area contributed by atoms with E-state index in [1.165, 1.54) is 19.2 Å². The van der Waals surface area contributed by atoms with Crippen LogP contribution in [0.5, 0.6) is 0 Å². The molecule has 0 saturated carbocycles. The predicted molar refractivity (Wildman–Crippen MR) is 113 cm³/mol. The molecule has 0 fully saturated rings. The van der Waals surface area contributed by atoms with Crippen LogP contribution in [-0.2, 0) is 22.4 Å². The number of nitro groups is 1. The fraction of sp³-hybridized carbons (Fsp3) is 0.409. The summed E-state index contributed by atoms with van der Waals surface area (Å²) < 4.78 is 5.06. The summed E-state index contributed by atoms with van der Waals surface area (Å²) in [4.78, 5) is 33.1. The zero-order chi connectivity index (χ0) is 21.6. The average molecular weight is 408 g/mol. The Balaban J connectivity index is 1.97. The number of aromatic nitrogens is 1. The summed E-state index contributed by atoms with van der Waals surface area (Å²) >= 11 is 0. The molecule has 2 aliphatic rings. The van der Waals surface area contributed by atoms with Gasteiger partial charge in [0.25, 0.3) is 5.69 Å². The summed E-state index contributed by atoms with van der Waals surface area (Å²) in [5, 5.41) is 11.4. The topological polar surface area (TPSA) is 121 Å². The number of anilines is 1. The summed E-state index contributed by atoms with van der Waals surface area (Å²) in [6, 6.07) is 6.31. The van der Waals surface area contributed by atoms with Gasteiger partial charge in [-0.05, 0) is 43.2 Å². The molecule has 1 aromatic heterocycles. The van der Waals surface area contributed by atoms with Crippen molar-refractivity contribution in [3.63, 3.8) is 0 Å². The van der Waals surface area contributed by atoms with Crippen molar-refractivity contribution in [1.82, 2.24) is 4.98 Å². The van der Waals surface area contributed by atoms with Gasteiger partial charge in [0.1, 0.15) is 5.92 Å². The number of nitrogen functional groups attached to an aromatic ring is 1. The predicted octanol–water partition coefficient (Wildman–Crippen LogP) is 3.72. The third kappa shape index (κ3) is 3.22. The second-order valence-corrected chi connectivity index (χ2v) is 8.12. The normalized spacial score (nSPS) is 22.5. The van der Waals surface area contributed by atoms with E-state index in [9.17, 15) is 14.9 Å². The molecule has 0 amide bonds. The molecule has 1 aliphatic carbocycles. The minimum Gasteiger partial charge on any atom is -0.468 e. The molecule has 2 aromatic rings. The molecule has 2 heterocycles. The van der Waals surface area contributed by atoms with E-state index in [0.717, 1.165) is 30.5 Å². The van der Waals surface area contributed by atoms with Crippen molar-refractivity contribution < 1.29 is 14.5 Å². The number of esters is 1. The van der Waals surface area contributed by atoms with Crippen LogP contribution in [-0.4, -0.2) is 28.7 Å². The van der Waals surface area contributed by atoms with Gasteiger partial charge in [-0.15, -0.1) is 0 Å². The van der Waals surface area contributed by atoms with Gasteiger partial charge in [-0.3, -0.25) is 14.9 Å². The number of pyridine rings is 1. The molecule has 1 aliphatic heterocycles. The number of methoxy groups -OCH3 is 1. The molecule has 156 valence electrons. The smallest absolute Gasteiger partial charge is 0.315 e. The minimum absolute atomic E-state index is 0.0452. The summed E-state index contributed by atoms with van der Waals surface area (Å²) in [5.74, 6) is -0.721. The highest BCUT2D eigenvalue weighted by atomic mass is 16.6. The van der Waals surface area contributed by atoms with Gasteiger partial charge in [-0.25, -0.2) is 9.98 Å². The molecule has 3 atom stereocenters. The molecule has 8 heteroatoms. The average Bonchev–Trinajstić information content (AvgIpc) is 2.72. The Morgan fingerprint density at radius 3 is 2.83 bits per heavy atom. The number of rotatable bonds is 3. The van der Waals surface area contributed by atoms with E-state index in [0.29, 0.717) is 34.3 Å². The van der Waals surface area contributed by atoms with E-state index in [1.807, 2.05) is 0 Å². The Morgan fingerprint density at radius 2 is 2.13 bits per heavy atom. The molecule has 0 radical (unpaired) electrons. The van der Waals surface area contributed by atoms with E-state index >= 15 is 0 Å². The third-order valence-electron chi connectivity index (χ3n) is 6.15. The van der Waals surface area contributed by atoms with Crippen molar-refractivity contribution in [2.75, 3.05) is 12.8 Å². The lowest BCUT2D eigenvalue weighted by Gasteiger charge is -2.33. The maximum atomic E-state index is 12.7. The van der Waals surface area contributed by atoms with Crippen molar-refractivity contribution in [1.29, 1.82) is 0 Å². The van der Waals surface area contributed by atoms with E-state index < -0.39 is 22.7 Å². The summed E-state index contributed by atoms with van der Waals surface area (Å²) in [6.07, 6.45) is 2.67. The molecule has 3 unspecified atom stereocenters. The minimum atomic E-state index is -0.728. The second kappa shape index (κ2) is 7.51. The van der Waals surface area contributed by atoms with Gasteiger partial charge in [-0.2, -0.15) is 0 Å². The van der Waals surface area contributed by atoms with E-state index in [1.54, 1.807) is 19.1 Å². The molecule has 0 bridgehead atoms. The maximum Gasteiger partial charge on any atom is 0.315 e. The van der Waals surface area contributed by atoms with Crippen LogP contribution in [0.25, 0.3) is 0 Å². The fourth-order valence-electron chi connectivity index (χ4n) is 4.63. The van der Waals surface area contributed by atoms with Crippen molar-refractivity contribution in [2.24, 2.45) is 16.8 Å². The lowest BCUT2D eigenvalue weighted by atomic mass is 9.74. The first-order chi connectivity index (χ1) is 14.3. The number of nitrogens with two attached hydrogens (primary N) is 1. The van der Waals surface area contributed by atoms with Crippen LogP contribution in [0.15, 0.2) is 29.3 Å². The van der Waals surface area contributed by atoms with Gasteiger partial charge >= 0.3 is 5.97 Å². The fourth-order valence-corrected chi connectivity index (χ4v) is 4.63. The highest BCUT2D eigenvalue weighted by molar-refractivity contribution is 6.05. The molecule has 30 heavy (non-hydrogen) atoms. The number of hydrogen-bond acceptors (Lipinski definition) is 7. The SMILES string of the molecule is COC(=O)C1C(C)=Nc2nc3c(c(N)c2C1c1cccc([N+](=O)[O-])c1)CCC(C)C3. The Kier molecular flexibility index (Phi) is 5.01. The molecule has 1 aromatic carbocycles. The lowest BCUT2D eigenvalue weighted by Crippen LogP contribution is -2.34. The summed E-state index contributed by atoms with van der Waals surface area (Å²) in [5.41, 5.74) is 11.0. The van der Waals surface area contributed by atoms with Crippen LogP contribution in [0.3, 0.4) is 0 Å². The first-order valence-electron chi connectivity index (χ1n) is 10.00. The van der Waals surface area contributed by atoms with Crippen molar-refractivity contribution >= 4 is 28.9 Å². The van der Waals surface area contributed by atoms with Gasteiger partial charge in [0.05, 0.1) is 12.0 Å².